The van der Waals surface area contributed by atoms with Gasteiger partial charge < -0.3 is 5.73 Å². The van der Waals surface area contributed by atoms with E-state index in [1.165, 1.54) is 0 Å². The molecule has 0 bridgehead atoms. The molecule has 1 saturated heterocycles. The Morgan fingerprint density at radius 2 is 2.16 bits per heavy atom. The van der Waals surface area contributed by atoms with Crippen LogP contribution in [0.2, 0.25) is 5.02 Å². The van der Waals surface area contributed by atoms with E-state index in [1.807, 2.05) is 4.90 Å². The molecular weight excluding hydrogens is 266 g/mol. The Kier molecular flexibility index (Phi) is 4.52. The first-order chi connectivity index (χ1) is 9.06. The SMILES string of the molecule is N[C@H]1CCN(CC(=O)NC(=O)c2ccccc2Cl)C1. The average molecular weight is 282 g/mol. The van der Waals surface area contributed by atoms with Gasteiger partial charge in [-0.15, -0.1) is 0 Å². The summed E-state index contributed by atoms with van der Waals surface area (Å²) in [6, 6.07) is 6.74. The molecule has 1 heterocycles. The molecular formula is C13H16ClN3O2. The van der Waals surface area contributed by atoms with Crippen molar-refractivity contribution in [2.24, 2.45) is 5.73 Å². The fourth-order valence-corrected chi connectivity index (χ4v) is 2.31. The van der Waals surface area contributed by atoms with Crippen LogP contribution in [0.1, 0.15) is 16.8 Å². The van der Waals surface area contributed by atoms with Crippen molar-refractivity contribution in [3.63, 3.8) is 0 Å². The maximum Gasteiger partial charge on any atom is 0.259 e. The van der Waals surface area contributed by atoms with Crippen LogP contribution in [-0.2, 0) is 4.79 Å². The van der Waals surface area contributed by atoms with Crippen LogP contribution in [-0.4, -0.2) is 42.4 Å². The number of nitrogens with two attached hydrogens (primary N) is 1. The van der Waals surface area contributed by atoms with Gasteiger partial charge in [0.25, 0.3) is 5.91 Å². The molecule has 19 heavy (non-hydrogen) atoms. The van der Waals surface area contributed by atoms with Gasteiger partial charge in [0.1, 0.15) is 0 Å². The molecule has 1 aliphatic rings. The lowest BCUT2D eigenvalue weighted by molar-refractivity contribution is -0.121. The molecule has 2 rings (SSSR count). The molecule has 102 valence electrons. The standard InChI is InChI=1S/C13H16ClN3O2/c14-11-4-2-1-3-10(11)13(19)16-12(18)8-17-6-5-9(15)7-17/h1-4,9H,5-8,15H2,(H,16,18,19)/t9-/m0/s1. The Morgan fingerprint density at radius 3 is 2.79 bits per heavy atom. The number of benzene rings is 1. The number of amides is 2. The second-order valence-corrected chi connectivity index (χ2v) is 5.05. The van der Waals surface area contributed by atoms with Crippen LogP contribution in [0.4, 0.5) is 0 Å². The summed E-state index contributed by atoms with van der Waals surface area (Å²) in [6.45, 7) is 1.66. The molecule has 1 aromatic carbocycles. The Bertz CT molecular complexity index is 493. The molecule has 1 aromatic rings. The van der Waals surface area contributed by atoms with Crippen molar-refractivity contribution in [3.8, 4) is 0 Å². The molecule has 1 aliphatic heterocycles. The molecule has 0 saturated carbocycles. The number of halogens is 1. The highest BCUT2D eigenvalue weighted by atomic mass is 35.5. The number of carbonyl (C=O) groups is 2. The zero-order chi connectivity index (χ0) is 13.8. The lowest BCUT2D eigenvalue weighted by Gasteiger charge is -2.14. The topological polar surface area (TPSA) is 75.4 Å². The van der Waals surface area contributed by atoms with Crippen molar-refractivity contribution in [1.82, 2.24) is 10.2 Å². The molecule has 6 heteroatoms. The van der Waals surface area contributed by atoms with E-state index in [4.69, 9.17) is 17.3 Å². The van der Waals surface area contributed by atoms with Crippen molar-refractivity contribution in [1.29, 1.82) is 0 Å². The minimum Gasteiger partial charge on any atom is -0.326 e. The monoisotopic (exact) mass is 281 g/mol. The Hall–Kier alpha value is -1.43. The molecule has 2 amide bonds. The molecule has 0 radical (unpaired) electrons. The average Bonchev–Trinajstić information content (AvgIpc) is 2.74. The number of likely N-dealkylation sites (tertiary alicyclic amines) is 1. The first-order valence-corrected chi connectivity index (χ1v) is 6.50. The quantitative estimate of drug-likeness (QED) is 0.852. The fourth-order valence-electron chi connectivity index (χ4n) is 2.09. The van der Waals surface area contributed by atoms with Crippen molar-refractivity contribution in [2.75, 3.05) is 19.6 Å². The zero-order valence-corrected chi connectivity index (χ0v) is 11.2. The van der Waals surface area contributed by atoms with Crippen LogP contribution in [0.5, 0.6) is 0 Å². The number of hydrogen-bond donors (Lipinski definition) is 2. The van der Waals surface area contributed by atoms with Gasteiger partial charge in [-0.2, -0.15) is 0 Å². The van der Waals surface area contributed by atoms with Crippen LogP contribution in [0.15, 0.2) is 24.3 Å². The summed E-state index contributed by atoms with van der Waals surface area (Å²) in [5.74, 6) is -0.807. The predicted octanol–water partition coefficient (Wildman–Crippen LogP) is 0.629. The lowest BCUT2D eigenvalue weighted by Crippen LogP contribution is -2.40. The zero-order valence-electron chi connectivity index (χ0n) is 10.4. The van der Waals surface area contributed by atoms with Gasteiger partial charge in [-0.1, -0.05) is 23.7 Å². The Labute approximate surface area is 116 Å². The third kappa shape index (κ3) is 3.76. The van der Waals surface area contributed by atoms with Crippen LogP contribution < -0.4 is 11.1 Å². The normalized spacial score (nSPS) is 19.4. The minimum atomic E-state index is -0.473. The maximum atomic E-state index is 11.9. The van der Waals surface area contributed by atoms with E-state index < -0.39 is 5.91 Å². The maximum absolute atomic E-state index is 11.9. The van der Waals surface area contributed by atoms with Crippen molar-refractivity contribution >= 4 is 23.4 Å². The Morgan fingerprint density at radius 1 is 1.42 bits per heavy atom. The Balaban J connectivity index is 1.89. The third-order valence-corrected chi connectivity index (χ3v) is 3.38. The first kappa shape index (κ1) is 14.0. The summed E-state index contributed by atoms with van der Waals surface area (Å²) >= 11 is 5.89. The van der Waals surface area contributed by atoms with Gasteiger partial charge >= 0.3 is 0 Å². The number of rotatable bonds is 3. The second kappa shape index (κ2) is 6.14. The van der Waals surface area contributed by atoms with Gasteiger partial charge in [-0.25, -0.2) is 0 Å². The second-order valence-electron chi connectivity index (χ2n) is 4.64. The molecule has 1 fully saturated rings. The molecule has 0 aromatic heterocycles. The van der Waals surface area contributed by atoms with E-state index in [9.17, 15) is 9.59 Å². The van der Waals surface area contributed by atoms with Crippen LogP contribution in [0.25, 0.3) is 0 Å². The predicted molar refractivity (Wildman–Crippen MR) is 73.0 cm³/mol. The van der Waals surface area contributed by atoms with Crippen molar-refractivity contribution < 1.29 is 9.59 Å². The summed E-state index contributed by atoms with van der Waals surface area (Å²) in [6.07, 6.45) is 0.881. The largest absolute Gasteiger partial charge is 0.326 e. The summed E-state index contributed by atoms with van der Waals surface area (Å²) in [4.78, 5) is 25.5. The number of imide groups is 1. The van der Waals surface area contributed by atoms with E-state index in [2.05, 4.69) is 5.32 Å². The summed E-state index contributed by atoms with van der Waals surface area (Å²) < 4.78 is 0. The summed E-state index contributed by atoms with van der Waals surface area (Å²) in [5.41, 5.74) is 6.06. The molecule has 0 spiro atoms. The van der Waals surface area contributed by atoms with Gasteiger partial charge in [-0.05, 0) is 18.6 Å². The first-order valence-electron chi connectivity index (χ1n) is 6.13. The molecule has 3 N–H and O–H groups in total. The number of carbonyl (C=O) groups excluding carboxylic acids is 2. The van der Waals surface area contributed by atoms with E-state index >= 15 is 0 Å². The van der Waals surface area contributed by atoms with Crippen molar-refractivity contribution in [2.45, 2.75) is 12.5 Å². The van der Waals surface area contributed by atoms with E-state index in [0.717, 1.165) is 13.0 Å². The third-order valence-electron chi connectivity index (χ3n) is 3.05. The molecule has 1 atom stereocenters. The number of hydrogen-bond acceptors (Lipinski definition) is 4. The number of nitrogens with zero attached hydrogens (tertiary/aromatic N) is 1. The smallest absolute Gasteiger partial charge is 0.259 e. The minimum absolute atomic E-state index is 0.118. The van der Waals surface area contributed by atoms with E-state index in [-0.39, 0.29) is 18.5 Å². The van der Waals surface area contributed by atoms with Gasteiger partial charge in [0.2, 0.25) is 5.91 Å². The van der Waals surface area contributed by atoms with Crippen LogP contribution >= 0.6 is 11.6 Å². The molecule has 5 nitrogen and oxygen atoms in total. The number of nitrogens with one attached hydrogen (secondary N) is 1. The van der Waals surface area contributed by atoms with Gasteiger partial charge in [0.05, 0.1) is 17.1 Å². The van der Waals surface area contributed by atoms with Gasteiger partial charge in [0, 0.05) is 19.1 Å². The van der Waals surface area contributed by atoms with E-state index in [1.54, 1.807) is 24.3 Å². The molecule has 0 aliphatic carbocycles. The highest BCUT2D eigenvalue weighted by molar-refractivity contribution is 6.34. The summed E-state index contributed by atoms with van der Waals surface area (Å²) in [5, 5.41) is 2.66. The summed E-state index contributed by atoms with van der Waals surface area (Å²) in [7, 11) is 0. The van der Waals surface area contributed by atoms with E-state index in [0.29, 0.717) is 17.1 Å². The van der Waals surface area contributed by atoms with Crippen molar-refractivity contribution in [3.05, 3.63) is 34.9 Å². The van der Waals surface area contributed by atoms with Gasteiger partial charge in [-0.3, -0.25) is 19.8 Å². The highest BCUT2D eigenvalue weighted by Gasteiger charge is 2.22. The molecule has 0 unspecified atom stereocenters. The van der Waals surface area contributed by atoms with Crippen LogP contribution in [0.3, 0.4) is 0 Å². The van der Waals surface area contributed by atoms with Gasteiger partial charge in [0.15, 0.2) is 0 Å². The fraction of sp³-hybridized carbons (Fsp3) is 0.385. The van der Waals surface area contributed by atoms with Crippen LogP contribution in [0, 0.1) is 0 Å². The lowest BCUT2D eigenvalue weighted by atomic mass is 10.2. The highest BCUT2D eigenvalue weighted by Crippen LogP contribution is 2.14.